The lowest BCUT2D eigenvalue weighted by atomic mass is 9.85. The predicted octanol–water partition coefficient (Wildman–Crippen LogP) is 3.68. The van der Waals surface area contributed by atoms with E-state index in [2.05, 4.69) is 20.9 Å². The maximum atomic E-state index is 13.0. The van der Waals surface area contributed by atoms with Crippen LogP contribution in [0, 0.1) is 12.3 Å². The topological polar surface area (TPSA) is 124 Å². The van der Waals surface area contributed by atoms with E-state index in [1.54, 1.807) is 12.4 Å². The average Bonchev–Trinajstić information content (AvgIpc) is 3.37. The number of carboxylic acid groups (broad SMARTS) is 2. The summed E-state index contributed by atoms with van der Waals surface area (Å²) in [6.07, 6.45) is -4.78. The minimum atomic E-state index is -5.08. The number of halogens is 6. The van der Waals surface area contributed by atoms with Gasteiger partial charge in [-0.15, -0.1) is 0 Å². The Hall–Kier alpha value is -3.75. The first-order valence-corrected chi connectivity index (χ1v) is 11.0. The van der Waals surface area contributed by atoms with Crippen LogP contribution in [-0.4, -0.2) is 74.9 Å². The Kier molecular flexibility index (Phi) is 9.78. The number of carboxylic acids is 2. The number of aryl methyl sites for hydroxylation is 1. The van der Waals surface area contributed by atoms with Gasteiger partial charge in [-0.1, -0.05) is 6.07 Å². The second kappa shape index (κ2) is 12.2. The van der Waals surface area contributed by atoms with Crippen molar-refractivity contribution in [1.82, 2.24) is 14.9 Å². The zero-order valence-electron chi connectivity index (χ0n) is 20.0. The van der Waals surface area contributed by atoms with Crippen molar-refractivity contribution in [3.63, 3.8) is 0 Å². The maximum Gasteiger partial charge on any atom is 0.490 e. The van der Waals surface area contributed by atoms with Gasteiger partial charge in [0.15, 0.2) is 0 Å². The molecule has 9 nitrogen and oxygen atoms in total. The molecule has 2 aliphatic rings. The Labute approximate surface area is 212 Å². The van der Waals surface area contributed by atoms with E-state index in [0.717, 1.165) is 56.1 Å². The fourth-order valence-electron chi connectivity index (χ4n) is 3.97. The van der Waals surface area contributed by atoms with Crippen LogP contribution in [0.3, 0.4) is 0 Å². The molecule has 2 fully saturated rings. The summed E-state index contributed by atoms with van der Waals surface area (Å²) in [7, 11) is 0. The van der Waals surface area contributed by atoms with Crippen molar-refractivity contribution in [3.8, 4) is 0 Å². The SMILES string of the molecule is Cc1cccc(CN2CCC3(CCN(c4cccnc4)C3=O)C2)n1.O=C(O)C(F)(F)F.O=C(O)C(F)(F)F. The summed E-state index contributed by atoms with van der Waals surface area (Å²) < 4.78 is 63.5. The Morgan fingerprint density at radius 1 is 0.974 bits per heavy atom. The van der Waals surface area contributed by atoms with Crippen LogP contribution in [0.15, 0.2) is 42.7 Å². The van der Waals surface area contributed by atoms with E-state index in [9.17, 15) is 31.1 Å². The molecule has 4 heterocycles. The number of anilines is 1. The van der Waals surface area contributed by atoms with Gasteiger partial charge in [0, 0.05) is 31.5 Å². The van der Waals surface area contributed by atoms with Gasteiger partial charge in [0.25, 0.3) is 0 Å². The molecule has 1 unspecified atom stereocenters. The van der Waals surface area contributed by atoms with E-state index in [1.807, 2.05) is 36.1 Å². The lowest BCUT2D eigenvalue weighted by Gasteiger charge is -2.23. The normalized spacial score (nSPS) is 19.4. The van der Waals surface area contributed by atoms with Gasteiger partial charge in [-0.3, -0.25) is 19.7 Å². The summed E-state index contributed by atoms with van der Waals surface area (Å²) in [5.41, 5.74) is 2.82. The lowest BCUT2D eigenvalue weighted by Crippen LogP contribution is -2.37. The second-order valence-corrected chi connectivity index (χ2v) is 8.54. The number of pyridine rings is 2. The molecule has 0 aromatic carbocycles. The van der Waals surface area contributed by atoms with Gasteiger partial charge in [0.2, 0.25) is 5.91 Å². The quantitative estimate of drug-likeness (QED) is 0.555. The molecule has 0 saturated carbocycles. The third-order valence-electron chi connectivity index (χ3n) is 5.72. The zero-order chi connectivity index (χ0) is 28.7. The fourth-order valence-corrected chi connectivity index (χ4v) is 3.97. The number of carbonyl (C=O) groups excluding carboxylic acids is 1. The number of hydrogen-bond donors (Lipinski definition) is 2. The van der Waals surface area contributed by atoms with Crippen molar-refractivity contribution in [1.29, 1.82) is 0 Å². The molecule has 15 heteroatoms. The number of hydrogen-bond acceptors (Lipinski definition) is 6. The van der Waals surface area contributed by atoms with Gasteiger partial charge in [0.05, 0.1) is 23.0 Å². The van der Waals surface area contributed by atoms with Crippen molar-refractivity contribution >= 4 is 23.5 Å². The fraction of sp³-hybridized carbons (Fsp3) is 0.435. The van der Waals surface area contributed by atoms with Crippen LogP contribution in [0.25, 0.3) is 0 Å². The maximum absolute atomic E-state index is 13.0. The molecule has 1 amide bonds. The smallest absolute Gasteiger partial charge is 0.475 e. The molecule has 0 aliphatic carbocycles. The zero-order valence-corrected chi connectivity index (χ0v) is 20.0. The number of likely N-dealkylation sites (tertiary alicyclic amines) is 1. The van der Waals surface area contributed by atoms with Crippen LogP contribution in [0.1, 0.15) is 24.2 Å². The number of aromatic nitrogens is 2. The van der Waals surface area contributed by atoms with Crippen LogP contribution in [0.5, 0.6) is 0 Å². The lowest BCUT2D eigenvalue weighted by molar-refractivity contribution is -0.193. The Bertz CT molecular complexity index is 1110. The predicted molar refractivity (Wildman–Crippen MR) is 120 cm³/mol. The Morgan fingerprint density at radius 3 is 2.05 bits per heavy atom. The molecule has 1 spiro atoms. The number of aliphatic carboxylic acids is 2. The summed E-state index contributed by atoms with van der Waals surface area (Å²) in [6, 6.07) is 9.98. The highest BCUT2D eigenvalue weighted by atomic mass is 19.4. The number of amides is 1. The highest BCUT2D eigenvalue weighted by Crippen LogP contribution is 2.42. The molecule has 2 saturated heterocycles. The molecule has 0 bridgehead atoms. The van der Waals surface area contributed by atoms with Gasteiger partial charge in [-0.05, 0) is 50.6 Å². The second-order valence-electron chi connectivity index (χ2n) is 8.54. The van der Waals surface area contributed by atoms with Crippen LogP contribution >= 0.6 is 0 Å². The summed E-state index contributed by atoms with van der Waals surface area (Å²) in [6.45, 7) is 5.42. The molecule has 38 heavy (non-hydrogen) atoms. The molecular weight excluding hydrogens is 526 g/mol. The largest absolute Gasteiger partial charge is 0.490 e. The molecule has 2 aromatic heterocycles. The van der Waals surface area contributed by atoms with Crippen molar-refractivity contribution < 1.29 is 50.9 Å². The van der Waals surface area contributed by atoms with E-state index in [4.69, 9.17) is 19.8 Å². The number of carbonyl (C=O) groups is 3. The molecule has 4 rings (SSSR count). The van der Waals surface area contributed by atoms with Crippen molar-refractivity contribution in [2.24, 2.45) is 5.41 Å². The summed E-state index contributed by atoms with van der Waals surface area (Å²) in [4.78, 5) is 43.8. The first-order valence-electron chi connectivity index (χ1n) is 11.0. The van der Waals surface area contributed by atoms with E-state index in [1.165, 1.54) is 0 Å². The van der Waals surface area contributed by atoms with E-state index in [0.29, 0.717) is 0 Å². The molecular formula is C23H24F6N4O5. The van der Waals surface area contributed by atoms with Crippen molar-refractivity contribution in [2.45, 2.75) is 38.7 Å². The van der Waals surface area contributed by atoms with Gasteiger partial charge < -0.3 is 15.1 Å². The molecule has 2 N–H and O–H groups in total. The monoisotopic (exact) mass is 550 g/mol. The van der Waals surface area contributed by atoms with Crippen molar-refractivity contribution in [2.75, 3.05) is 24.5 Å². The highest BCUT2D eigenvalue weighted by Gasteiger charge is 2.51. The van der Waals surface area contributed by atoms with Crippen LogP contribution < -0.4 is 4.90 Å². The summed E-state index contributed by atoms with van der Waals surface area (Å²) in [5.74, 6) is -5.25. The van der Waals surface area contributed by atoms with Gasteiger partial charge in [0.1, 0.15) is 0 Å². The van der Waals surface area contributed by atoms with Gasteiger partial charge in [-0.2, -0.15) is 26.3 Å². The minimum absolute atomic E-state index is 0.223. The van der Waals surface area contributed by atoms with Gasteiger partial charge >= 0.3 is 24.3 Å². The standard InChI is InChI=1S/C19H22N4O.2C2HF3O2/c1-15-4-2-5-16(21-15)13-22-10-7-19(14-22)8-11-23(18(19)24)17-6-3-9-20-12-17;2*3-2(4,5)1(6)7/h2-6,9,12H,7-8,10-11,13-14H2,1H3;2*(H,6,7). The first-order chi connectivity index (χ1) is 17.5. The minimum Gasteiger partial charge on any atom is -0.475 e. The number of nitrogens with zero attached hydrogens (tertiary/aromatic N) is 4. The summed E-state index contributed by atoms with van der Waals surface area (Å²) >= 11 is 0. The van der Waals surface area contributed by atoms with Crippen LogP contribution in [-0.2, 0) is 20.9 Å². The molecule has 208 valence electrons. The number of rotatable bonds is 3. The van der Waals surface area contributed by atoms with Crippen LogP contribution in [0.2, 0.25) is 0 Å². The van der Waals surface area contributed by atoms with Crippen molar-refractivity contribution in [3.05, 3.63) is 54.1 Å². The Balaban J connectivity index is 0.000000301. The van der Waals surface area contributed by atoms with E-state index >= 15 is 0 Å². The molecule has 0 radical (unpaired) electrons. The molecule has 2 aromatic rings. The summed E-state index contributed by atoms with van der Waals surface area (Å²) in [5, 5.41) is 14.2. The Morgan fingerprint density at radius 2 is 1.55 bits per heavy atom. The molecule has 2 aliphatic heterocycles. The highest BCUT2D eigenvalue weighted by molar-refractivity contribution is 6.00. The number of alkyl halides is 6. The van der Waals surface area contributed by atoms with Crippen LogP contribution in [0.4, 0.5) is 32.0 Å². The van der Waals surface area contributed by atoms with E-state index < -0.39 is 24.3 Å². The first kappa shape index (κ1) is 30.5. The van der Waals surface area contributed by atoms with Gasteiger partial charge in [-0.25, -0.2) is 9.59 Å². The van der Waals surface area contributed by atoms with E-state index in [-0.39, 0.29) is 11.3 Å². The molecule has 1 atom stereocenters. The average molecular weight is 550 g/mol. The third kappa shape index (κ3) is 8.39. The third-order valence-corrected chi connectivity index (χ3v) is 5.72.